The Hall–Kier alpha value is -1.18. The minimum atomic E-state index is 0.560. The van der Waals surface area contributed by atoms with Crippen LogP contribution in [0.1, 0.15) is 0 Å². The second-order valence-electron chi connectivity index (χ2n) is 5.32. The van der Waals surface area contributed by atoms with Crippen molar-refractivity contribution < 1.29 is 4.74 Å². The van der Waals surface area contributed by atoms with E-state index < -0.39 is 0 Å². The lowest BCUT2D eigenvalue weighted by molar-refractivity contribution is 0.145. The van der Waals surface area contributed by atoms with Gasteiger partial charge in [0.05, 0.1) is 0 Å². The first-order chi connectivity index (χ1) is 10.8. The highest BCUT2D eigenvalue weighted by atomic mass is 16.5. The molecule has 1 aliphatic rings. The third-order valence-electron chi connectivity index (χ3n) is 3.36. The van der Waals surface area contributed by atoms with Crippen LogP contribution in [0.5, 0.6) is 5.75 Å². The second-order valence-corrected chi connectivity index (χ2v) is 5.32. The first-order valence-electron chi connectivity index (χ1n) is 7.85. The summed E-state index contributed by atoms with van der Waals surface area (Å²) in [6.07, 6.45) is 0. The molecule has 0 radical (unpaired) electrons. The number of rotatable bonds is 7. The van der Waals surface area contributed by atoms with Gasteiger partial charge < -0.3 is 15.0 Å². The minimum absolute atomic E-state index is 0.560. The number of nitrogens with one attached hydrogen (secondary N) is 3. The molecule has 1 heterocycles. The molecular formula is C16H31N5O. The molecule has 6 heteroatoms. The highest BCUT2D eigenvalue weighted by molar-refractivity contribution is 5.20. The quantitative estimate of drug-likeness (QED) is 0.494. The average molecular weight is 309 g/mol. The van der Waals surface area contributed by atoms with Gasteiger partial charge in [0, 0.05) is 39.5 Å². The molecule has 1 aromatic carbocycles. The van der Waals surface area contributed by atoms with Gasteiger partial charge in [-0.2, -0.15) is 0 Å². The number of piperazine rings is 1. The van der Waals surface area contributed by atoms with Crippen molar-refractivity contribution in [3.05, 3.63) is 30.3 Å². The standard InChI is InChI=1S/C8H20N4.C8H11NO/c1-9-7-10-8-12-5-3-11(2)4-6-12;1-9-7-10-8-5-3-2-4-6-8/h9-10H,3-8H2,1-2H3;2-6,9H,7H2,1H3. The molecule has 22 heavy (non-hydrogen) atoms. The van der Waals surface area contributed by atoms with E-state index in [1.807, 2.05) is 44.4 Å². The van der Waals surface area contributed by atoms with Crippen molar-refractivity contribution in [1.82, 2.24) is 25.8 Å². The zero-order valence-electron chi connectivity index (χ0n) is 14.1. The van der Waals surface area contributed by atoms with E-state index in [4.69, 9.17) is 4.74 Å². The van der Waals surface area contributed by atoms with Crippen molar-refractivity contribution >= 4 is 0 Å². The Morgan fingerprint density at radius 3 is 2.27 bits per heavy atom. The van der Waals surface area contributed by atoms with Gasteiger partial charge in [-0.05, 0) is 33.3 Å². The normalized spacial score (nSPS) is 16.0. The number of nitrogens with zero attached hydrogens (tertiary/aromatic N) is 2. The van der Waals surface area contributed by atoms with Gasteiger partial charge in [0.25, 0.3) is 0 Å². The van der Waals surface area contributed by atoms with E-state index in [-0.39, 0.29) is 0 Å². The van der Waals surface area contributed by atoms with Gasteiger partial charge in [-0.15, -0.1) is 0 Å². The van der Waals surface area contributed by atoms with Crippen LogP contribution in [0.4, 0.5) is 0 Å². The molecule has 0 aromatic heterocycles. The maximum Gasteiger partial charge on any atom is 0.139 e. The zero-order chi connectivity index (χ0) is 16.0. The largest absolute Gasteiger partial charge is 0.478 e. The highest BCUT2D eigenvalue weighted by Gasteiger charge is 2.11. The van der Waals surface area contributed by atoms with Crippen molar-refractivity contribution in [2.24, 2.45) is 0 Å². The predicted octanol–water partition coefficient (Wildman–Crippen LogP) is 0.200. The van der Waals surface area contributed by atoms with Gasteiger partial charge in [-0.25, -0.2) is 0 Å². The summed E-state index contributed by atoms with van der Waals surface area (Å²) in [5, 5.41) is 9.28. The Morgan fingerprint density at radius 2 is 1.68 bits per heavy atom. The minimum Gasteiger partial charge on any atom is -0.478 e. The van der Waals surface area contributed by atoms with Crippen molar-refractivity contribution in [3.8, 4) is 5.75 Å². The molecule has 1 fully saturated rings. The van der Waals surface area contributed by atoms with Crippen LogP contribution in [0.2, 0.25) is 0 Å². The van der Waals surface area contributed by atoms with Crippen LogP contribution in [0.3, 0.4) is 0 Å². The first-order valence-corrected chi connectivity index (χ1v) is 7.85. The molecule has 0 spiro atoms. The molecule has 1 aromatic rings. The molecule has 6 nitrogen and oxygen atoms in total. The van der Waals surface area contributed by atoms with Crippen molar-refractivity contribution in [2.45, 2.75) is 0 Å². The summed E-state index contributed by atoms with van der Waals surface area (Å²) < 4.78 is 5.24. The maximum absolute atomic E-state index is 5.24. The third kappa shape index (κ3) is 8.96. The fraction of sp³-hybridized carbons (Fsp3) is 0.625. The Bertz CT molecular complexity index is 355. The van der Waals surface area contributed by atoms with Gasteiger partial charge in [-0.3, -0.25) is 15.5 Å². The van der Waals surface area contributed by atoms with E-state index in [0.717, 1.165) is 19.1 Å². The molecule has 0 bridgehead atoms. The molecule has 3 N–H and O–H groups in total. The number of ether oxygens (including phenoxy) is 1. The van der Waals surface area contributed by atoms with Crippen molar-refractivity contribution in [3.63, 3.8) is 0 Å². The SMILES string of the molecule is CNCNCN1CCN(C)CC1.CNCOc1ccccc1. The van der Waals surface area contributed by atoms with Crippen molar-refractivity contribution in [2.75, 3.05) is 67.4 Å². The van der Waals surface area contributed by atoms with Crippen molar-refractivity contribution in [1.29, 1.82) is 0 Å². The second kappa shape index (κ2) is 12.4. The summed E-state index contributed by atoms with van der Waals surface area (Å²) in [5.74, 6) is 0.900. The van der Waals surface area contributed by atoms with Crippen LogP contribution in [-0.4, -0.2) is 77.2 Å². The molecule has 126 valence electrons. The molecule has 0 atom stereocenters. The summed E-state index contributed by atoms with van der Waals surface area (Å²) in [5.41, 5.74) is 0. The van der Waals surface area contributed by atoms with Crippen LogP contribution < -0.4 is 20.7 Å². The fourth-order valence-corrected chi connectivity index (χ4v) is 2.02. The van der Waals surface area contributed by atoms with Gasteiger partial charge in [0.15, 0.2) is 0 Å². The summed E-state index contributed by atoms with van der Waals surface area (Å²) in [7, 11) is 5.98. The first kappa shape index (κ1) is 18.9. The number of likely N-dealkylation sites (N-methyl/N-ethyl adjacent to an activating group) is 1. The summed E-state index contributed by atoms with van der Waals surface area (Å²) in [6, 6.07) is 9.72. The topological polar surface area (TPSA) is 51.8 Å². The molecule has 0 amide bonds. The number of hydrogen-bond donors (Lipinski definition) is 3. The van der Waals surface area contributed by atoms with E-state index in [1.165, 1.54) is 26.2 Å². The predicted molar refractivity (Wildman–Crippen MR) is 92.0 cm³/mol. The summed E-state index contributed by atoms with van der Waals surface area (Å²) in [6.45, 7) is 7.23. The summed E-state index contributed by atoms with van der Waals surface area (Å²) in [4.78, 5) is 4.81. The van der Waals surface area contributed by atoms with E-state index in [9.17, 15) is 0 Å². The van der Waals surface area contributed by atoms with E-state index in [0.29, 0.717) is 6.73 Å². The Balaban J connectivity index is 0.000000224. The summed E-state index contributed by atoms with van der Waals surface area (Å²) >= 11 is 0. The molecule has 1 aliphatic heterocycles. The van der Waals surface area contributed by atoms with E-state index in [1.54, 1.807) is 0 Å². The van der Waals surface area contributed by atoms with Crippen LogP contribution >= 0.6 is 0 Å². The lowest BCUT2D eigenvalue weighted by Crippen LogP contribution is -2.48. The fourth-order valence-electron chi connectivity index (χ4n) is 2.02. The molecule has 0 unspecified atom stereocenters. The third-order valence-corrected chi connectivity index (χ3v) is 3.36. The lowest BCUT2D eigenvalue weighted by Gasteiger charge is -2.32. The Kier molecular flexibility index (Phi) is 10.6. The van der Waals surface area contributed by atoms with Gasteiger partial charge in [0.1, 0.15) is 12.5 Å². The molecular weight excluding hydrogens is 278 g/mol. The molecule has 0 aliphatic carbocycles. The average Bonchev–Trinajstić information content (AvgIpc) is 2.57. The lowest BCUT2D eigenvalue weighted by atomic mass is 10.3. The highest BCUT2D eigenvalue weighted by Crippen LogP contribution is 2.06. The van der Waals surface area contributed by atoms with Gasteiger partial charge >= 0.3 is 0 Å². The van der Waals surface area contributed by atoms with Gasteiger partial charge in [-0.1, -0.05) is 18.2 Å². The number of hydrogen-bond acceptors (Lipinski definition) is 6. The van der Waals surface area contributed by atoms with Crippen LogP contribution in [0.15, 0.2) is 30.3 Å². The van der Waals surface area contributed by atoms with Crippen LogP contribution in [0.25, 0.3) is 0 Å². The number of para-hydroxylation sites is 1. The number of benzene rings is 1. The molecule has 1 saturated heterocycles. The van der Waals surface area contributed by atoms with Gasteiger partial charge in [0.2, 0.25) is 0 Å². The molecule has 0 saturated carbocycles. The van der Waals surface area contributed by atoms with E-state index in [2.05, 4.69) is 32.8 Å². The van der Waals surface area contributed by atoms with E-state index >= 15 is 0 Å². The molecule has 2 rings (SSSR count). The Morgan fingerprint density at radius 1 is 1.00 bits per heavy atom. The van der Waals surface area contributed by atoms with Crippen LogP contribution in [-0.2, 0) is 0 Å². The smallest absolute Gasteiger partial charge is 0.139 e. The monoisotopic (exact) mass is 309 g/mol. The Labute approximate surface area is 134 Å². The zero-order valence-corrected chi connectivity index (χ0v) is 14.1. The maximum atomic E-state index is 5.24. The van der Waals surface area contributed by atoms with Crippen LogP contribution in [0, 0.1) is 0 Å².